The number of hydrogen-bond donors (Lipinski definition) is 1. The van der Waals surface area contributed by atoms with Crippen molar-refractivity contribution in [2.24, 2.45) is 5.92 Å². The van der Waals surface area contributed by atoms with Crippen LogP contribution < -0.4 is 4.74 Å². The van der Waals surface area contributed by atoms with E-state index in [9.17, 15) is 9.59 Å². The molecule has 134 valence electrons. The summed E-state index contributed by atoms with van der Waals surface area (Å²) in [6, 6.07) is 7.47. The van der Waals surface area contributed by atoms with Gasteiger partial charge in [0.05, 0.1) is 19.7 Å². The predicted molar refractivity (Wildman–Crippen MR) is 97.1 cm³/mol. The number of rotatable bonds is 8. The minimum atomic E-state index is -0.912. The Hall–Kier alpha value is -2.41. The van der Waals surface area contributed by atoms with Gasteiger partial charge in [-0.1, -0.05) is 13.8 Å². The first-order valence-electron chi connectivity index (χ1n) is 8.02. The number of amides is 1. The van der Waals surface area contributed by atoms with Gasteiger partial charge in [-0.25, -0.2) is 4.98 Å². The van der Waals surface area contributed by atoms with Crippen LogP contribution in [0.25, 0.3) is 10.6 Å². The lowest BCUT2D eigenvalue weighted by atomic mass is 10.2. The quantitative estimate of drug-likeness (QED) is 0.778. The third-order valence-corrected chi connectivity index (χ3v) is 4.56. The highest BCUT2D eigenvalue weighted by Crippen LogP contribution is 2.27. The van der Waals surface area contributed by atoms with Crippen molar-refractivity contribution < 1.29 is 19.4 Å². The molecule has 0 saturated heterocycles. The van der Waals surface area contributed by atoms with E-state index in [0.29, 0.717) is 11.4 Å². The number of methoxy groups -OCH3 is 1. The standard InChI is InChI=1S/C18H22N2O4S/c1-12(2)11-20(9-8-16(21)22)18(23)15-10-19-17(25-15)13-4-6-14(24-3)7-5-13/h4-7,10,12H,8-9,11H2,1-3H3,(H,21,22). The van der Waals surface area contributed by atoms with E-state index in [1.165, 1.54) is 11.3 Å². The van der Waals surface area contributed by atoms with E-state index in [0.717, 1.165) is 16.3 Å². The van der Waals surface area contributed by atoms with Gasteiger partial charge in [0.2, 0.25) is 0 Å². The minimum Gasteiger partial charge on any atom is -0.497 e. The lowest BCUT2D eigenvalue weighted by molar-refractivity contribution is -0.137. The first-order valence-corrected chi connectivity index (χ1v) is 8.83. The molecule has 0 unspecified atom stereocenters. The molecule has 1 aromatic carbocycles. The number of benzene rings is 1. The molecule has 1 amide bonds. The number of carboxylic acids is 1. The third-order valence-electron chi connectivity index (χ3n) is 3.52. The number of hydrogen-bond acceptors (Lipinski definition) is 5. The molecule has 0 aliphatic heterocycles. The van der Waals surface area contributed by atoms with E-state index in [1.807, 2.05) is 38.1 Å². The van der Waals surface area contributed by atoms with Crippen LogP contribution in [-0.4, -0.2) is 47.1 Å². The van der Waals surface area contributed by atoms with Gasteiger partial charge in [-0.2, -0.15) is 0 Å². The number of aromatic nitrogens is 1. The van der Waals surface area contributed by atoms with E-state index in [4.69, 9.17) is 9.84 Å². The van der Waals surface area contributed by atoms with Crippen molar-refractivity contribution in [2.75, 3.05) is 20.2 Å². The lowest BCUT2D eigenvalue weighted by Crippen LogP contribution is -2.35. The van der Waals surface area contributed by atoms with Gasteiger partial charge in [-0.15, -0.1) is 11.3 Å². The molecule has 6 nitrogen and oxygen atoms in total. The van der Waals surface area contributed by atoms with Gasteiger partial charge in [-0.05, 0) is 30.2 Å². The van der Waals surface area contributed by atoms with E-state index in [1.54, 1.807) is 18.2 Å². The average molecular weight is 362 g/mol. The average Bonchev–Trinajstić information content (AvgIpc) is 3.07. The second kappa shape index (κ2) is 8.62. The maximum atomic E-state index is 12.7. The summed E-state index contributed by atoms with van der Waals surface area (Å²) < 4.78 is 5.14. The molecule has 0 spiro atoms. The molecule has 1 N–H and O–H groups in total. The van der Waals surface area contributed by atoms with Crippen LogP contribution >= 0.6 is 11.3 Å². The Morgan fingerprint density at radius 2 is 1.96 bits per heavy atom. The van der Waals surface area contributed by atoms with Crippen LogP contribution in [0.3, 0.4) is 0 Å². The van der Waals surface area contributed by atoms with Crippen molar-refractivity contribution in [1.82, 2.24) is 9.88 Å². The molecular weight excluding hydrogens is 340 g/mol. The molecule has 0 radical (unpaired) electrons. The van der Waals surface area contributed by atoms with Crippen molar-refractivity contribution in [3.63, 3.8) is 0 Å². The molecule has 2 rings (SSSR count). The SMILES string of the molecule is COc1ccc(-c2ncc(C(=O)N(CCC(=O)O)CC(C)C)s2)cc1. The summed E-state index contributed by atoms with van der Waals surface area (Å²) in [5, 5.41) is 9.63. The van der Waals surface area contributed by atoms with Crippen LogP contribution in [0.5, 0.6) is 5.75 Å². The topological polar surface area (TPSA) is 79.7 Å². The molecule has 7 heteroatoms. The van der Waals surface area contributed by atoms with Gasteiger partial charge in [-0.3, -0.25) is 9.59 Å². The summed E-state index contributed by atoms with van der Waals surface area (Å²) in [5.74, 6) is -0.0721. The number of carbonyl (C=O) groups is 2. The Morgan fingerprint density at radius 3 is 2.52 bits per heavy atom. The number of carboxylic acid groups (broad SMARTS) is 1. The van der Waals surface area contributed by atoms with Gasteiger partial charge < -0.3 is 14.7 Å². The fourth-order valence-corrected chi connectivity index (χ4v) is 3.23. The maximum Gasteiger partial charge on any atom is 0.305 e. The Bertz CT molecular complexity index is 725. The van der Waals surface area contributed by atoms with Crippen molar-refractivity contribution in [3.8, 4) is 16.3 Å². The Balaban J connectivity index is 2.16. The second-order valence-electron chi connectivity index (χ2n) is 6.05. The molecular formula is C18H22N2O4S. The van der Waals surface area contributed by atoms with Gasteiger partial charge >= 0.3 is 5.97 Å². The van der Waals surface area contributed by atoms with Crippen LogP contribution in [-0.2, 0) is 4.79 Å². The molecule has 1 heterocycles. The molecule has 25 heavy (non-hydrogen) atoms. The Morgan fingerprint density at radius 1 is 1.28 bits per heavy atom. The highest BCUT2D eigenvalue weighted by molar-refractivity contribution is 7.16. The molecule has 2 aromatic rings. The zero-order valence-electron chi connectivity index (χ0n) is 14.6. The van der Waals surface area contributed by atoms with E-state index >= 15 is 0 Å². The lowest BCUT2D eigenvalue weighted by Gasteiger charge is -2.23. The monoisotopic (exact) mass is 362 g/mol. The molecule has 1 aromatic heterocycles. The van der Waals surface area contributed by atoms with E-state index in [-0.39, 0.29) is 24.8 Å². The van der Waals surface area contributed by atoms with Crippen molar-refractivity contribution in [3.05, 3.63) is 35.3 Å². The van der Waals surface area contributed by atoms with E-state index in [2.05, 4.69) is 4.98 Å². The number of ether oxygens (including phenoxy) is 1. The molecule has 0 saturated carbocycles. The van der Waals surface area contributed by atoms with Crippen molar-refractivity contribution in [2.45, 2.75) is 20.3 Å². The Labute approximate surface area is 151 Å². The summed E-state index contributed by atoms with van der Waals surface area (Å²) >= 11 is 1.31. The number of aliphatic carboxylic acids is 1. The van der Waals surface area contributed by atoms with Crippen molar-refractivity contribution >= 4 is 23.2 Å². The summed E-state index contributed by atoms with van der Waals surface area (Å²) in [6.07, 6.45) is 1.49. The van der Waals surface area contributed by atoms with Gasteiger partial charge in [0, 0.05) is 18.7 Å². The van der Waals surface area contributed by atoms with E-state index < -0.39 is 5.97 Å². The number of thiazole rings is 1. The first-order chi connectivity index (χ1) is 11.9. The fourth-order valence-electron chi connectivity index (χ4n) is 2.34. The molecule has 0 fully saturated rings. The number of carbonyl (C=O) groups excluding carboxylic acids is 1. The van der Waals surface area contributed by atoms with Crippen LogP contribution in [0.2, 0.25) is 0 Å². The molecule has 0 aliphatic rings. The van der Waals surface area contributed by atoms with Crippen LogP contribution in [0, 0.1) is 5.92 Å². The highest BCUT2D eigenvalue weighted by Gasteiger charge is 2.20. The van der Waals surface area contributed by atoms with Crippen molar-refractivity contribution in [1.29, 1.82) is 0 Å². The zero-order valence-corrected chi connectivity index (χ0v) is 15.4. The smallest absolute Gasteiger partial charge is 0.305 e. The molecule has 0 bridgehead atoms. The normalized spacial score (nSPS) is 10.7. The summed E-state index contributed by atoms with van der Waals surface area (Å²) in [7, 11) is 1.61. The largest absolute Gasteiger partial charge is 0.497 e. The van der Waals surface area contributed by atoms with Gasteiger partial charge in [0.15, 0.2) is 0 Å². The summed E-state index contributed by atoms with van der Waals surface area (Å²) in [5.41, 5.74) is 0.908. The van der Waals surface area contributed by atoms with Crippen LogP contribution in [0.1, 0.15) is 29.9 Å². The maximum absolute atomic E-state index is 12.7. The zero-order chi connectivity index (χ0) is 18.4. The Kier molecular flexibility index (Phi) is 6.52. The first kappa shape index (κ1) is 18.9. The number of nitrogens with zero attached hydrogens (tertiary/aromatic N) is 2. The van der Waals surface area contributed by atoms with Crippen LogP contribution in [0.15, 0.2) is 30.5 Å². The predicted octanol–water partition coefficient (Wildman–Crippen LogP) is 3.39. The van der Waals surface area contributed by atoms with Gasteiger partial charge in [0.25, 0.3) is 5.91 Å². The fraction of sp³-hybridized carbons (Fsp3) is 0.389. The van der Waals surface area contributed by atoms with Gasteiger partial charge in [0.1, 0.15) is 15.6 Å². The molecule has 0 aliphatic carbocycles. The minimum absolute atomic E-state index is 0.0669. The summed E-state index contributed by atoms with van der Waals surface area (Å²) in [4.78, 5) is 30.0. The third kappa shape index (κ3) is 5.29. The second-order valence-corrected chi connectivity index (χ2v) is 7.08. The van der Waals surface area contributed by atoms with Crippen LogP contribution in [0.4, 0.5) is 0 Å². The summed E-state index contributed by atoms with van der Waals surface area (Å²) in [6.45, 7) is 4.71. The highest BCUT2D eigenvalue weighted by atomic mass is 32.1. The molecule has 0 atom stereocenters.